The minimum atomic E-state index is -0.00274. The molecule has 0 saturated heterocycles. The molecule has 0 aromatic heterocycles. The average molecular weight is 215 g/mol. The predicted octanol–water partition coefficient (Wildman–Crippen LogP) is 3.36. The van der Waals surface area contributed by atoms with Gasteiger partial charge in [0.1, 0.15) is 0 Å². The van der Waals surface area contributed by atoms with Crippen LogP contribution in [0.3, 0.4) is 0 Å². The molecule has 0 aliphatic rings. The van der Waals surface area contributed by atoms with Crippen molar-refractivity contribution in [1.29, 1.82) is 0 Å². The Hall–Kier alpha value is -0.0800. The van der Waals surface area contributed by atoms with Crippen molar-refractivity contribution in [2.24, 2.45) is 0 Å². The Bertz CT molecular complexity index is 149. The van der Waals surface area contributed by atoms with Crippen molar-refractivity contribution in [1.82, 2.24) is 5.32 Å². The molecule has 0 spiro atoms. The van der Waals surface area contributed by atoms with Gasteiger partial charge in [0.05, 0.1) is 5.60 Å². The Balaban J connectivity index is 4.19. The summed E-state index contributed by atoms with van der Waals surface area (Å²) in [6, 6.07) is 0.481. The fourth-order valence-electron chi connectivity index (χ4n) is 2.13. The molecule has 1 N–H and O–H groups in total. The van der Waals surface area contributed by atoms with Gasteiger partial charge in [-0.15, -0.1) is 0 Å². The first-order valence-electron chi connectivity index (χ1n) is 6.45. The Morgan fingerprint density at radius 1 is 1.20 bits per heavy atom. The summed E-state index contributed by atoms with van der Waals surface area (Å²) in [6.07, 6.45) is 6.19. The van der Waals surface area contributed by atoms with E-state index in [4.69, 9.17) is 4.74 Å². The molecule has 0 saturated carbocycles. The molecular formula is C13H29NO. The fourth-order valence-corrected chi connectivity index (χ4v) is 2.13. The lowest BCUT2D eigenvalue weighted by Gasteiger charge is -2.36. The van der Waals surface area contributed by atoms with Crippen LogP contribution in [-0.2, 0) is 4.74 Å². The number of ether oxygens (including phenoxy) is 1. The van der Waals surface area contributed by atoms with E-state index in [1.807, 2.05) is 7.05 Å². The van der Waals surface area contributed by atoms with E-state index in [1.54, 1.807) is 0 Å². The van der Waals surface area contributed by atoms with Gasteiger partial charge in [-0.25, -0.2) is 0 Å². The summed E-state index contributed by atoms with van der Waals surface area (Å²) in [4.78, 5) is 0. The number of nitrogens with one attached hydrogen (secondary N) is 1. The second-order valence-corrected chi connectivity index (χ2v) is 4.44. The second kappa shape index (κ2) is 8.12. The summed E-state index contributed by atoms with van der Waals surface area (Å²) in [5.41, 5.74) is -0.00274. The summed E-state index contributed by atoms with van der Waals surface area (Å²) in [7, 11) is 2.05. The van der Waals surface area contributed by atoms with Crippen LogP contribution in [0.15, 0.2) is 0 Å². The summed E-state index contributed by atoms with van der Waals surface area (Å²) in [5, 5.41) is 3.41. The van der Waals surface area contributed by atoms with Crippen LogP contribution in [0.2, 0.25) is 0 Å². The van der Waals surface area contributed by atoms with E-state index in [-0.39, 0.29) is 5.60 Å². The molecule has 0 aliphatic carbocycles. The Kier molecular flexibility index (Phi) is 8.07. The van der Waals surface area contributed by atoms with Gasteiger partial charge in [-0.05, 0) is 33.7 Å². The highest BCUT2D eigenvalue weighted by Gasteiger charge is 2.31. The van der Waals surface area contributed by atoms with Crippen LogP contribution in [0.4, 0.5) is 0 Å². The quantitative estimate of drug-likeness (QED) is 0.595. The zero-order valence-electron chi connectivity index (χ0n) is 11.2. The zero-order chi connectivity index (χ0) is 11.7. The lowest BCUT2D eigenvalue weighted by atomic mass is 9.89. The van der Waals surface area contributed by atoms with Crippen LogP contribution in [-0.4, -0.2) is 25.3 Å². The van der Waals surface area contributed by atoms with Gasteiger partial charge < -0.3 is 10.1 Å². The number of hydrogen-bond acceptors (Lipinski definition) is 2. The molecule has 2 heteroatoms. The highest BCUT2D eigenvalue weighted by molar-refractivity contribution is 4.87. The van der Waals surface area contributed by atoms with Crippen molar-refractivity contribution in [3.05, 3.63) is 0 Å². The van der Waals surface area contributed by atoms with Crippen molar-refractivity contribution >= 4 is 0 Å². The van der Waals surface area contributed by atoms with Crippen LogP contribution in [0.25, 0.3) is 0 Å². The van der Waals surface area contributed by atoms with Gasteiger partial charge in [0, 0.05) is 12.6 Å². The number of hydrogen-bond donors (Lipinski definition) is 1. The summed E-state index contributed by atoms with van der Waals surface area (Å²) >= 11 is 0. The molecule has 2 nitrogen and oxygen atoms in total. The van der Waals surface area contributed by atoms with E-state index in [9.17, 15) is 0 Å². The molecule has 2 atom stereocenters. The van der Waals surface area contributed by atoms with Crippen molar-refractivity contribution in [3.63, 3.8) is 0 Å². The van der Waals surface area contributed by atoms with Crippen molar-refractivity contribution < 1.29 is 4.74 Å². The molecule has 0 aliphatic heterocycles. The normalized spacial score (nSPS) is 17.4. The first kappa shape index (κ1) is 14.9. The predicted molar refractivity (Wildman–Crippen MR) is 67.3 cm³/mol. The van der Waals surface area contributed by atoms with Crippen LogP contribution in [0.1, 0.15) is 59.8 Å². The molecule has 0 aromatic carbocycles. The molecule has 0 heterocycles. The van der Waals surface area contributed by atoms with Crippen LogP contribution in [0.5, 0.6) is 0 Å². The smallest absolute Gasteiger partial charge is 0.0803 e. The molecule has 2 unspecified atom stereocenters. The fraction of sp³-hybridized carbons (Fsp3) is 1.00. The van der Waals surface area contributed by atoms with Gasteiger partial charge >= 0.3 is 0 Å². The molecule has 0 bridgehead atoms. The third-order valence-corrected chi connectivity index (χ3v) is 3.36. The SMILES string of the molecule is CCCCCC(NC)C(C)(CC)OCC. The monoisotopic (exact) mass is 215 g/mol. The van der Waals surface area contributed by atoms with E-state index in [0.29, 0.717) is 6.04 Å². The summed E-state index contributed by atoms with van der Waals surface area (Å²) in [5.74, 6) is 0. The molecule has 0 amide bonds. The minimum absolute atomic E-state index is 0.00274. The lowest BCUT2D eigenvalue weighted by molar-refractivity contribution is -0.0558. The van der Waals surface area contributed by atoms with E-state index in [2.05, 4.69) is 33.0 Å². The maximum atomic E-state index is 5.90. The first-order chi connectivity index (χ1) is 7.14. The number of unbranched alkanes of at least 4 members (excludes halogenated alkanes) is 2. The van der Waals surface area contributed by atoms with Crippen molar-refractivity contribution in [2.75, 3.05) is 13.7 Å². The zero-order valence-corrected chi connectivity index (χ0v) is 11.2. The number of likely N-dealkylation sites (N-methyl/N-ethyl adjacent to an activating group) is 1. The molecule has 15 heavy (non-hydrogen) atoms. The molecule has 0 rings (SSSR count). The molecule has 0 fully saturated rings. The molecule has 0 aromatic rings. The van der Waals surface area contributed by atoms with E-state index in [0.717, 1.165) is 13.0 Å². The average Bonchev–Trinajstić information content (AvgIpc) is 2.24. The third kappa shape index (κ3) is 4.98. The largest absolute Gasteiger partial charge is 0.374 e. The lowest BCUT2D eigenvalue weighted by Crippen LogP contribution is -2.49. The second-order valence-electron chi connectivity index (χ2n) is 4.44. The van der Waals surface area contributed by atoms with E-state index < -0.39 is 0 Å². The van der Waals surface area contributed by atoms with Crippen LogP contribution < -0.4 is 5.32 Å². The summed E-state index contributed by atoms with van der Waals surface area (Å²) in [6.45, 7) is 9.56. The number of rotatable bonds is 9. The van der Waals surface area contributed by atoms with Gasteiger partial charge in [0.15, 0.2) is 0 Å². The first-order valence-corrected chi connectivity index (χ1v) is 6.45. The van der Waals surface area contributed by atoms with Crippen molar-refractivity contribution in [3.8, 4) is 0 Å². The maximum absolute atomic E-state index is 5.90. The van der Waals surface area contributed by atoms with Gasteiger partial charge in [-0.3, -0.25) is 0 Å². The van der Waals surface area contributed by atoms with Gasteiger partial charge in [-0.1, -0.05) is 33.1 Å². The highest BCUT2D eigenvalue weighted by atomic mass is 16.5. The Morgan fingerprint density at radius 3 is 2.27 bits per heavy atom. The molecule has 92 valence electrons. The standard InChI is InChI=1S/C13H29NO/c1-6-9-10-11-12(14-5)13(4,7-2)15-8-3/h12,14H,6-11H2,1-5H3. The Morgan fingerprint density at radius 2 is 1.87 bits per heavy atom. The van der Waals surface area contributed by atoms with Crippen LogP contribution >= 0.6 is 0 Å². The third-order valence-electron chi connectivity index (χ3n) is 3.36. The van der Waals surface area contributed by atoms with Gasteiger partial charge in [-0.2, -0.15) is 0 Å². The van der Waals surface area contributed by atoms with Gasteiger partial charge in [0.25, 0.3) is 0 Å². The summed E-state index contributed by atoms with van der Waals surface area (Å²) < 4.78 is 5.90. The molecular weight excluding hydrogens is 186 g/mol. The topological polar surface area (TPSA) is 21.3 Å². The maximum Gasteiger partial charge on any atom is 0.0803 e. The van der Waals surface area contributed by atoms with E-state index >= 15 is 0 Å². The Labute approximate surface area is 95.8 Å². The molecule has 0 radical (unpaired) electrons. The van der Waals surface area contributed by atoms with E-state index in [1.165, 1.54) is 25.7 Å². The highest BCUT2D eigenvalue weighted by Crippen LogP contribution is 2.23. The van der Waals surface area contributed by atoms with Gasteiger partial charge in [0.2, 0.25) is 0 Å². The minimum Gasteiger partial charge on any atom is -0.374 e. The van der Waals surface area contributed by atoms with Crippen LogP contribution in [0, 0.1) is 0 Å². The van der Waals surface area contributed by atoms with Crippen molar-refractivity contribution in [2.45, 2.75) is 71.4 Å².